The molecule has 1 heterocycles. The van der Waals surface area contributed by atoms with Gasteiger partial charge in [0.2, 0.25) is 0 Å². The van der Waals surface area contributed by atoms with E-state index >= 15 is 0 Å². The van der Waals surface area contributed by atoms with Crippen LogP contribution in [0.25, 0.3) is 11.0 Å². The zero-order chi connectivity index (χ0) is 17.1. The Morgan fingerprint density at radius 2 is 1.88 bits per heavy atom. The highest BCUT2D eigenvalue weighted by molar-refractivity contribution is 5.87. The summed E-state index contributed by atoms with van der Waals surface area (Å²) in [6.07, 6.45) is 0. The van der Waals surface area contributed by atoms with Crippen LogP contribution in [0.4, 0.5) is 0 Å². The second kappa shape index (κ2) is 6.45. The lowest BCUT2D eigenvalue weighted by atomic mass is 10.2. The van der Waals surface area contributed by atoms with Crippen molar-refractivity contribution in [3.63, 3.8) is 0 Å². The minimum absolute atomic E-state index is 0.0557. The first-order chi connectivity index (χ1) is 11.5. The van der Waals surface area contributed by atoms with E-state index in [1.165, 1.54) is 25.1 Å². The second-order valence-corrected chi connectivity index (χ2v) is 5.10. The van der Waals surface area contributed by atoms with Gasteiger partial charge in [0.25, 0.3) is 5.75 Å². The molecule has 0 atom stereocenters. The largest absolute Gasteiger partial charge is 0.508 e. The summed E-state index contributed by atoms with van der Waals surface area (Å²) in [5.74, 6) is -0.929. The maximum atomic E-state index is 12.1. The molecular weight excluding hydrogens is 312 g/mol. The molecule has 122 valence electrons. The number of carbonyl (C=O) groups excluding carboxylic acids is 1. The number of ether oxygens (including phenoxy) is 2. The topological polar surface area (TPSA) is 86.0 Å². The van der Waals surface area contributed by atoms with E-state index in [0.717, 1.165) is 5.56 Å². The van der Waals surface area contributed by atoms with E-state index < -0.39 is 11.6 Å². The number of hydrogen-bond acceptors (Lipinski definition) is 6. The van der Waals surface area contributed by atoms with Gasteiger partial charge in [-0.25, -0.2) is 4.79 Å². The van der Waals surface area contributed by atoms with Crippen molar-refractivity contribution in [3.05, 3.63) is 64.5 Å². The normalized spacial score (nSPS) is 10.5. The maximum Gasteiger partial charge on any atom is 0.383 e. The molecule has 0 saturated heterocycles. The molecule has 0 aliphatic heterocycles. The van der Waals surface area contributed by atoms with Gasteiger partial charge < -0.3 is 19.0 Å². The fourth-order valence-corrected chi connectivity index (χ4v) is 2.25. The molecule has 3 rings (SSSR count). The Hall–Kier alpha value is -3.28. The Balaban J connectivity index is 2.10. The van der Waals surface area contributed by atoms with Gasteiger partial charge in [0.1, 0.15) is 17.9 Å². The van der Waals surface area contributed by atoms with E-state index in [0.29, 0.717) is 5.39 Å². The third-order valence-corrected chi connectivity index (χ3v) is 3.28. The summed E-state index contributed by atoms with van der Waals surface area (Å²) < 4.78 is 15.8. The predicted octanol–water partition coefficient (Wildman–Crippen LogP) is 3.00. The lowest BCUT2D eigenvalue weighted by Crippen LogP contribution is -2.13. The number of carbonyl (C=O) groups is 1. The van der Waals surface area contributed by atoms with Gasteiger partial charge in [-0.1, -0.05) is 30.3 Å². The molecule has 0 aliphatic carbocycles. The quantitative estimate of drug-likeness (QED) is 0.586. The molecule has 1 N–H and O–H groups in total. The Bertz CT molecular complexity index is 943. The minimum Gasteiger partial charge on any atom is -0.508 e. The molecule has 2 aromatic carbocycles. The number of hydrogen-bond donors (Lipinski definition) is 1. The Kier molecular flexibility index (Phi) is 4.20. The first-order valence-corrected chi connectivity index (χ1v) is 7.19. The third kappa shape index (κ3) is 3.22. The molecule has 6 nitrogen and oxygen atoms in total. The smallest absolute Gasteiger partial charge is 0.383 e. The minimum atomic E-state index is -0.855. The highest BCUT2D eigenvalue weighted by atomic mass is 16.6. The van der Waals surface area contributed by atoms with Crippen LogP contribution < -0.4 is 15.1 Å². The van der Waals surface area contributed by atoms with E-state index in [9.17, 15) is 14.7 Å². The van der Waals surface area contributed by atoms with Crippen LogP contribution in [0.2, 0.25) is 0 Å². The molecule has 0 spiro atoms. The zero-order valence-electron chi connectivity index (χ0n) is 12.8. The van der Waals surface area contributed by atoms with E-state index in [-0.39, 0.29) is 29.4 Å². The third-order valence-electron chi connectivity index (χ3n) is 3.28. The maximum absolute atomic E-state index is 12.1. The second-order valence-electron chi connectivity index (χ2n) is 5.10. The van der Waals surface area contributed by atoms with Gasteiger partial charge in [-0.05, 0) is 17.7 Å². The lowest BCUT2D eigenvalue weighted by molar-refractivity contribution is -0.132. The number of fused-ring (bicyclic) bond motifs is 1. The lowest BCUT2D eigenvalue weighted by Gasteiger charge is -2.12. The predicted molar refractivity (Wildman–Crippen MR) is 86.2 cm³/mol. The standard InChI is InChI=1S/C18H14O6/c1-11(19)23-17-16(22-10-12-5-3-2-4-6-12)14-8-7-13(20)9-15(14)24-18(17)21/h2-9,20H,10H2,1H3. The van der Waals surface area contributed by atoms with Crippen molar-refractivity contribution < 1.29 is 23.8 Å². The van der Waals surface area contributed by atoms with Crippen molar-refractivity contribution in [2.45, 2.75) is 13.5 Å². The summed E-state index contributed by atoms with van der Waals surface area (Å²) in [4.78, 5) is 23.4. The van der Waals surface area contributed by atoms with Crippen LogP contribution in [0.5, 0.6) is 17.2 Å². The van der Waals surface area contributed by atoms with Crippen LogP contribution in [0.15, 0.2) is 57.7 Å². The monoisotopic (exact) mass is 326 g/mol. The molecule has 0 amide bonds. The summed E-state index contributed by atoms with van der Waals surface area (Å²) in [7, 11) is 0. The van der Waals surface area contributed by atoms with Gasteiger partial charge in [0, 0.05) is 13.0 Å². The molecule has 1 aromatic heterocycles. The molecule has 0 radical (unpaired) electrons. The number of benzene rings is 2. The average molecular weight is 326 g/mol. The van der Waals surface area contributed by atoms with E-state index in [4.69, 9.17) is 13.9 Å². The molecule has 24 heavy (non-hydrogen) atoms. The van der Waals surface area contributed by atoms with Gasteiger partial charge in [-0.3, -0.25) is 4.79 Å². The summed E-state index contributed by atoms with van der Waals surface area (Å²) in [6, 6.07) is 13.6. The molecule has 0 aliphatic rings. The summed E-state index contributed by atoms with van der Waals surface area (Å²) in [5.41, 5.74) is 0.164. The number of phenols is 1. The number of esters is 1. The zero-order valence-corrected chi connectivity index (χ0v) is 12.8. The Morgan fingerprint density at radius 1 is 1.12 bits per heavy atom. The first-order valence-electron chi connectivity index (χ1n) is 7.19. The van der Waals surface area contributed by atoms with Crippen LogP contribution >= 0.6 is 0 Å². The Labute approximate surface area is 136 Å². The molecule has 0 saturated carbocycles. The van der Waals surface area contributed by atoms with Crippen LogP contribution in [0.3, 0.4) is 0 Å². The van der Waals surface area contributed by atoms with Gasteiger partial charge in [0.05, 0.1) is 5.39 Å². The fraction of sp³-hybridized carbons (Fsp3) is 0.111. The molecule has 0 unspecified atom stereocenters. The highest BCUT2D eigenvalue weighted by Crippen LogP contribution is 2.35. The summed E-state index contributed by atoms with van der Waals surface area (Å²) in [5, 5.41) is 9.96. The average Bonchev–Trinajstić information content (AvgIpc) is 2.55. The van der Waals surface area contributed by atoms with E-state index in [1.807, 2.05) is 30.3 Å². The molecular formula is C18H14O6. The van der Waals surface area contributed by atoms with Crippen molar-refractivity contribution >= 4 is 16.9 Å². The fourth-order valence-electron chi connectivity index (χ4n) is 2.25. The summed E-state index contributed by atoms with van der Waals surface area (Å²) in [6.45, 7) is 1.36. The highest BCUT2D eigenvalue weighted by Gasteiger charge is 2.20. The number of aromatic hydroxyl groups is 1. The van der Waals surface area contributed by atoms with Crippen LogP contribution in [0.1, 0.15) is 12.5 Å². The van der Waals surface area contributed by atoms with Crippen LogP contribution in [-0.4, -0.2) is 11.1 Å². The van der Waals surface area contributed by atoms with E-state index in [1.54, 1.807) is 0 Å². The molecule has 0 bridgehead atoms. The van der Waals surface area contributed by atoms with Crippen molar-refractivity contribution in [1.82, 2.24) is 0 Å². The molecule has 0 fully saturated rings. The van der Waals surface area contributed by atoms with Crippen LogP contribution in [0, 0.1) is 0 Å². The Morgan fingerprint density at radius 3 is 2.58 bits per heavy atom. The van der Waals surface area contributed by atoms with Crippen molar-refractivity contribution in [2.75, 3.05) is 0 Å². The van der Waals surface area contributed by atoms with Crippen molar-refractivity contribution in [3.8, 4) is 17.2 Å². The SMILES string of the molecule is CC(=O)Oc1c(OCc2ccccc2)c2ccc(O)cc2oc1=O. The van der Waals surface area contributed by atoms with Crippen molar-refractivity contribution in [2.24, 2.45) is 0 Å². The van der Waals surface area contributed by atoms with Gasteiger partial charge in [0.15, 0.2) is 5.75 Å². The van der Waals surface area contributed by atoms with Crippen LogP contribution in [-0.2, 0) is 11.4 Å². The van der Waals surface area contributed by atoms with Crippen molar-refractivity contribution in [1.29, 1.82) is 0 Å². The number of rotatable bonds is 4. The molecule has 3 aromatic rings. The molecule has 6 heteroatoms. The van der Waals surface area contributed by atoms with E-state index in [2.05, 4.69) is 0 Å². The first kappa shape index (κ1) is 15.6. The van der Waals surface area contributed by atoms with Gasteiger partial charge in [-0.2, -0.15) is 0 Å². The van der Waals surface area contributed by atoms with Gasteiger partial charge in [-0.15, -0.1) is 0 Å². The van der Waals surface area contributed by atoms with Gasteiger partial charge >= 0.3 is 11.6 Å². The number of phenolic OH excluding ortho intramolecular Hbond substituents is 1. The summed E-state index contributed by atoms with van der Waals surface area (Å²) >= 11 is 0.